The van der Waals surface area contributed by atoms with E-state index >= 15 is 0 Å². The molecule has 0 saturated carbocycles. The Kier molecular flexibility index (Phi) is 2.87. The fraction of sp³-hybridized carbons (Fsp3) is 0.375. The van der Waals surface area contributed by atoms with Crippen molar-refractivity contribution >= 4 is 17.2 Å². The first-order valence-electron chi connectivity index (χ1n) is 7.20. The Morgan fingerprint density at radius 2 is 2.10 bits per heavy atom. The Labute approximate surface area is 127 Å². The molecule has 5 heteroatoms. The summed E-state index contributed by atoms with van der Waals surface area (Å²) >= 11 is 1.43. The van der Waals surface area contributed by atoms with Gasteiger partial charge >= 0.3 is 0 Å². The molecule has 1 aromatic heterocycles. The van der Waals surface area contributed by atoms with E-state index < -0.39 is 0 Å². The van der Waals surface area contributed by atoms with Gasteiger partial charge in [-0.3, -0.25) is 4.79 Å². The van der Waals surface area contributed by atoms with Crippen LogP contribution in [0.3, 0.4) is 0 Å². The van der Waals surface area contributed by atoms with E-state index in [1.807, 2.05) is 17.9 Å². The van der Waals surface area contributed by atoms with Crippen molar-refractivity contribution in [3.63, 3.8) is 0 Å². The van der Waals surface area contributed by atoms with Crippen LogP contribution < -0.4 is 5.73 Å². The first kappa shape index (κ1) is 13.0. The highest BCUT2D eigenvalue weighted by Crippen LogP contribution is 2.48. The van der Waals surface area contributed by atoms with E-state index in [-0.39, 0.29) is 11.9 Å². The van der Waals surface area contributed by atoms with Crippen LogP contribution in [0.4, 0.5) is 0 Å². The number of thiazole rings is 1. The maximum atomic E-state index is 12.6. The largest absolute Gasteiger partial charge is 0.337 e. The van der Waals surface area contributed by atoms with Crippen molar-refractivity contribution in [2.45, 2.75) is 18.9 Å². The van der Waals surface area contributed by atoms with Gasteiger partial charge in [-0.1, -0.05) is 24.3 Å². The Morgan fingerprint density at radius 1 is 1.33 bits per heavy atom. The molecule has 0 unspecified atom stereocenters. The van der Waals surface area contributed by atoms with Crippen LogP contribution in [0, 0.1) is 12.8 Å². The molecule has 4 nitrogen and oxygen atoms in total. The molecule has 2 N–H and O–H groups in total. The summed E-state index contributed by atoms with van der Waals surface area (Å²) in [5.41, 5.74) is 11.5. The van der Waals surface area contributed by atoms with E-state index in [0.717, 1.165) is 23.7 Å². The topological polar surface area (TPSA) is 59.2 Å². The molecule has 1 aliphatic carbocycles. The average molecular weight is 299 g/mol. The normalized spacial score (nSPS) is 26.8. The number of nitrogens with two attached hydrogens (primary N) is 1. The standard InChI is InChI=1S/C16H17N3OS/c1-9-15(21-8-18-9)16(20)19-6-12-10-4-2-3-5-11(10)14(17)13(12)7-19/h2-5,8,12-14H,6-7,17H2,1H3/t12-,13-,14+/m0/s1. The van der Waals surface area contributed by atoms with E-state index in [1.165, 1.54) is 22.5 Å². The molecule has 2 heterocycles. The summed E-state index contributed by atoms with van der Waals surface area (Å²) in [6, 6.07) is 8.44. The smallest absolute Gasteiger partial charge is 0.265 e. The lowest BCUT2D eigenvalue weighted by molar-refractivity contribution is 0.0787. The van der Waals surface area contributed by atoms with Crippen LogP contribution >= 0.6 is 11.3 Å². The van der Waals surface area contributed by atoms with Gasteiger partial charge in [-0.05, 0) is 18.1 Å². The van der Waals surface area contributed by atoms with Crippen LogP contribution in [0.5, 0.6) is 0 Å². The molecule has 1 aromatic carbocycles. The van der Waals surface area contributed by atoms with Crippen molar-refractivity contribution in [2.75, 3.05) is 13.1 Å². The number of likely N-dealkylation sites (tertiary alicyclic amines) is 1. The van der Waals surface area contributed by atoms with Crippen molar-refractivity contribution in [3.8, 4) is 0 Å². The van der Waals surface area contributed by atoms with Crippen LogP contribution in [0.25, 0.3) is 0 Å². The minimum atomic E-state index is 0.0477. The first-order valence-corrected chi connectivity index (χ1v) is 8.08. The molecule has 1 fully saturated rings. The third-order valence-electron chi connectivity index (χ3n) is 4.81. The zero-order valence-electron chi connectivity index (χ0n) is 11.8. The number of benzene rings is 1. The van der Waals surface area contributed by atoms with Gasteiger partial charge < -0.3 is 10.6 Å². The van der Waals surface area contributed by atoms with E-state index in [9.17, 15) is 4.79 Å². The molecule has 3 atom stereocenters. The Hall–Kier alpha value is -1.72. The first-order chi connectivity index (χ1) is 10.2. The summed E-state index contributed by atoms with van der Waals surface area (Å²) in [5.74, 6) is 0.835. The van der Waals surface area contributed by atoms with Gasteiger partial charge in [-0.2, -0.15) is 0 Å². The summed E-state index contributed by atoms with van der Waals surface area (Å²) in [7, 11) is 0. The molecule has 2 aromatic rings. The van der Waals surface area contributed by atoms with Gasteiger partial charge in [0.05, 0.1) is 11.2 Å². The fourth-order valence-electron chi connectivity index (χ4n) is 3.72. The van der Waals surface area contributed by atoms with Gasteiger partial charge in [0.15, 0.2) is 0 Å². The second-order valence-electron chi connectivity index (χ2n) is 5.90. The highest BCUT2D eigenvalue weighted by molar-refractivity contribution is 7.11. The minimum Gasteiger partial charge on any atom is -0.337 e. The van der Waals surface area contributed by atoms with E-state index in [0.29, 0.717) is 11.8 Å². The van der Waals surface area contributed by atoms with Gasteiger partial charge in [0.1, 0.15) is 4.88 Å². The number of rotatable bonds is 1. The van der Waals surface area contributed by atoms with Gasteiger partial charge in [-0.15, -0.1) is 11.3 Å². The number of fused-ring (bicyclic) bond motifs is 3. The summed E-state index contributed by atoms with van der Waals surface area (Å²) in [4.78, 5) is 19.5. The second-order valence-corrected chi connectivity index (χ2v) is 6.76. The van der Waals surface area contributed by atoms with Crippen molar-refractivity contribution in [3.05, 3.63) is 51.5 Å². The summed E-state index contributed by atoms with van der Waals surface area (Å²) < 4.78 is 0. The Morgan fingerprint density at radius 3 is 2.81 bits per heavy atom. The molecular weight excluding hydrogens is 282 g/mol. The monoisotopic (exact) mass is 299 g/mol. The number of amides is 1. The molecule has 4 rings (SSSR count). The highest BCUT2D eigenvalue weighted by Gasteiger charge is 2.46. The Bertz CT molecular complexity index is 711. The lowest BCUT2D eigenvalue weighted by atomic mass is 9.95. The van der Waals surface area contributed by atoms with E-state index in [1.54, 1.807) is 5.51 Å². The minimum absolute atomic E-state index is 0.0477. The highest BCUT2D eigenvalue weighted by atomic mass is 32.1. The number of carbonyl (C=O) groups is 1. The number of aryl methyl sites for hydroxylation is 1. The second kappa shape index (κ2) is 4.64. The lowest BCUT2D eigenvalue weighted by Gasteiger charge is -2.19. The Balaban J connectivity index is 1.62. The third-order valence-corrected chi connectivity index (χ3v) is 5.72. The predicted molar refractivity (Wildman–Crippen MR) is 82.4 cm³/mol. The molecule has 108 valence electrons. The van der Waals surface area contributed by atoms with Crippen LogP contribution in [0.1, 0.15) is 38.5 Å². The third kappa shape index (κ3) is 1.84. The molecule has 1 amide bonds. The van der Waals surface area contributed by atoms with Crippen LogP contribution in [0.15, 0.2) is 29.8 Å². The number of nitrogens with zero attached hydrogens (tertiary/aromatic N) is 2. The zero-order valence-corrected chi connectivity index (χ0v) is 12.6. The molecular formula is C16H17N3OS. The molecule has 0 radical (unpaired) electrons. The number of hydrogen-bond donors (Lipinski definition) is 1. The van der Waals surface area contributed by atoms with Crippen molar-refractivity contribution in [2.24, 2.45) is 11.7 Å². The zero-order chi connectivity index (χ0) is 14.6. The van der Waals surface area contributed by atoms with Crippen LogP contribution in [-0.4, -0.2) is 28.9 Å². The predicted octanol–water partition coefficient (Wildman–Crippen LogP) is 2.32. The average Bonchev–Trinajstić information content (AvgIpc) is 3.16. The van der Waals surface area contributed by atoms with Gasteiger partial charge in [0.2, 0.25) is 0 Å². The van der Waals surface area contributed by atoms with Crippen molar-refractivity contribution in [1.82, 2.24) is 9.88 Å². The van der Waals surface area contributed by atoms with Gasteiger partial charge in [0.25, 0.3) is 5.91 Å². The maximum absolute atomic E-state index is 12.6. The molecule has 1 aliphatic heterocycles. The van der Waals surface area contributed by atoms with Crippen molar-refractivity contribution < 1.29 is 4.79 Å². The summed E-state index contributed by atoms with van der Waals surface area (Å²) in [6.45, 7) is 3.41. The summed E-state index contributed by atoms with van der Waals surface area (Å²) in [5, 5.41) is 0. The van der Waals surface area contributed by atoms with Gasteiger partial charge in [0, 0.05) is 31.0 Å². The van der Waals surface area contributed by atoms with Crippen LogP contribution in [0.2, 0.25) is 0 Å². The van der Waals surface area contributed by atoms with Crippen molar-refractivity contribution in [1.29, 1.82) is 0 Å². The lowest BCUT2D eigenvalue weighted by Crippen LogP contribution is -2.31. The molecule has 2 aliphatic rings. The SMILES string of the molecule is Cc1ncsc1C(=O)N1C[C@@H]2[C@H](N)c3ccccc3[C@@H]2C1. The number of hydrogen-bond acceptors (Lipinski definition) is 4. The van der Waals surface area contributed by atoms with E-state index in [2.05, 4.69) is 23.2 Å². The summed E-state index contributed by atoms with van der Waals surface area (Å²) in [6.07, 6.45) is 0. The molecule has 0 bridgehead atoms. The maximum Gasteiger partial charge on any atom is 0.265 e. The van der Waals surface area contributed by atoms with Crippen LogP contribution in [-0.2, 0) is 0 Å². The molecule has 21 heavy (non-hydrogen) atoms. The van der Waals surface area contributed by atoms with Gasteiger partial charge in [-0.25, -0.2) is 4.98 Å². The van der Waals surface area contributed by atoms with E-state index in [4.69, 9.17) is 5.73 Å². The number of carbonyl (C=O) groups excluding carboxylic acids is 1. The molecule has 0 spiro atoms. The number of aromatic nitrogens is 1. The molecule has 1 saturated heterocycles. The quantitative estimate of drug-likeness (QED) is 0.879. The fourth-order valence-corrected chi connectivity index (χ4v) is 4.49.